The minimum Gasteiger partial charge on any atom is -0.396 e. The fourth-order valence-corrected chi connectivity index (χ4v) is 2.23. The predicted molar refractivity (Wildman–Crippen MR) is 59.6 cm³/mol. The van der Waals surface area contributed by atoms with Crippen LogP contribution in [0.2, 0.25) is 0 Å². The van der Waals surface area contributed by atoms with Crippen LogP contribution in [0.25, 0.3) is 0 Å². The molecule has 1 aliphatic heterocycles. The van der Waals surface area contributed by atoms with Gasteiger partial charge in [0.05, 0.1) is 0 Å². The van der Waals surface area contributed by atoms with Crippen LogP contribution in [0.3, 0.4) is 0 Å². The Hall–Kier alpha value is -0.930. The largest absolute Gasteiger partial charge is 0.396 e. The first-order valence-electron chi connectivity index (χ1n) is 5.57. The van der Waals surface area contributed by atoms with Crippen LogP contribution in [0.4, 0.5) is 0 Å². The second kappa shape index (κ2) is 4.73. The Morgan fingerprint density at radius 2 is 2.40 bits per heavy atom. The molecule has 1 atom stereocenters. The van der Waals surface area contributed by atoms with Gasteiger partial charge in [0.2, 0.25) is 0 Å². The molecule has 1 saturated heterocycles. The zero-order valence-corrected chi connectivity index (χ0v) is 9.19. The molecule has 3 heteroatoms. The van der Waals surface area contributed by atoms with E-state index in [-0.39, 0.29) is 6.61 Å². The van der Waals surface area contributed by atoms with E-state index in [0.717, 1.165) is 5.69 Å². The Kier molecular flexibility index (Phi) is 3.34. The van der Waals surface area contributed by atoms with Crippen molar-refractivity contribution in [3.63, 3.8) is 0 Å². The molecule has 2 heterocycles. The number of nitrogens with zero attached hydrogens (tertiary/aromatic N) is 2. The lowest BCUT2D eigenvalue weighted by Crippen LogP contribution is -2.17. The minimum absolute atomic E-state index is 0.176. The van der Waals surface area contributed by atoms with Crippen LogP contribution in [0.1, 0.15) is 30.1 Å². The molecule has 0 saturated carbocycles. The van der Waals surface area contributed by atoms with Crippen LogP contribution < -0.4 is 0 Å². The summed E-state index contributed by atoms with van der Waals surface area (Å²) in [4.78, 5) is 6.74. The van der Waals surface area contributed by atoms with Crippen LogP contribution >= 0.6 is 0 Å². The summed E-state index contributed by atoms with van der Waals surface area (Å²) in [6.45, 7) is 1.36. The van der Waals surface area contributed by atoms with Crippen molar-refractivity contribution in [2.75, 3.05) is 20.2 Å². The summed E-state index contributed by atoms with van der Waals surface area (Å²) < 4.78 is 0. The highest BCUT2D eigenvalue weighted by Gasteiger charge is 2.22. The van der Waals surface area contributed by atoms with Crippen LogP contribution in [-0.4, -0.2) is 35.2 Å². The minimum atomic E-state index is 0.176. The third kappa shape index (κ3) is 2.36. The Morgan fingerprint density at radius 1 is 1.53 bits per heavy atom. The van der Waals surface area contributed by atoms with E-state index in [2.05, 4.69) is 23.0 Å². The summed E-state index contributed by atoms with van der Waals surface area (Å²) in [6, 6.07) is 4.71. The normalized spacial score (nSPS) is 22.1. The van der Waals surface area contributed by atoms with Crippen molar-refractivity contribution in [3.8, 4) is 0 Å². The first-order valence-corrected chi connectivity index (χ1v) is 5.57. The zero-order chi connectivity index (χ0) is 10.7. The highest BCUT2D eigenvalue weighted by atomic mass is 16.3. The maximum atomic E-state index is 8.79. The SMILES string of the molecule is CN1CCCC1c1ccc(CCO)nc1. The molecule has 0 bridgehead atoms. The maximum absolute atomic E-state index is 8.79. The third-order valence-electron chi connectivity index (χ3n) is 3.12. The molecule has 0 spiro atoms. The molecule has 0 amide bonds. The van der Waals surface area contributed by atoms with Gasteiger partial charge < -0.3 is 5.11 Å². The van der Waals surface area contributed by atoms with Crippen molar-refractivity contribution in [1.29, 1.82) is 0 Å². The number of hydrogen-bond donors (Lipinski definition) is 1. The van der Waals surface area contributed by atoms with E-state index < -0.39 is 0 Å². The van der Waals surface area contributed by atoms with Crippen LogP contribution in [0.15, 0.2) is 18.3 Å². The highest BCUT2D eigenvalue weighted by molar-refractivity contribution is 5.19. The van der Waals surface area contributed by atoms with Crippen molar-refractivity contribution in [2.45, 2.75) is 25.3 Å². The quantitative estimate of drug-likeness (QED) is 0.811. The standard InChI is InChI=1S/C12H18N2O/c1-14-7-2-3-12(14)10-4-5-11(6-8-15)13-9-10/h4-5,9,12,15H,2-3,6-8H2,1H3. The Bertz CT molecular complexity index is 310. The van der Waals surface area contributed by atoms with E-state index >= 15 is 0 Å². The van der Waals surface area contributed by atoms with E-state index in [9.17, 15) is 0 Å². The van der Waals surface area contributed by atoms with E-state index in [1.807, 2.05) is 12.3 Å². The topological polar surface area (TPSA) is 36.4 Å². The van der Waals surface area contributed by atoms with Gasteiger partial charge in [-0.05, 0) is 38.1 Å². The summed E-state index contributed by atoms with van der Waals surface area (Å²) >= 11 is 0. The number of likely N-dealkylation sites (tertiary alicyclic amines) is 1. The predicted octanol–water partition coefficient (Wildman–Crippen LogP) is 1.38. The van der Waals surface area contributed by atoms with Gasteiger partial charge in [-0.1, -0.05) is 6.07 Å². The van der Waals surface area contributed by atoms with Gasteiger partial charge in [-0.15, -0.1) is 0 Å². The smallest absolute Gasteiger partial charge is 0.0486 e. The van der Waals surface area contributed by atoms with Gasteiger partial charge in [-0.2, -0.15) is 0 Å². The summed E-state index contributed by atoms with van der Waals surface area (Å²) in [5, 5.41) is 8.79. The third-order valence-corrected chi connectivity index (χ3v) is 3.12. The molecule has 1 aromatic heterocycles. The highest BCUT2D eigenvalue weighted by Crippen LogP contribution is 2.29. The van der Waals surface area contributed by atoms with Gasteiger partial charge in [0.1, 0.15) is 0 Å². The van der Waals surface area contributed by atoms with Gasteiger partial charge in [0.15, 0.2) is 0 Å². The van der Waals surface area contributed by atoms with Gasteiger partial charge in [-0.25, -0.2) is 0 Å². The second-order valence-corrected chi connectivity index (χ2v) is 4.20. The van der Waals surface area contributed by atoms with E-state index in [4.69, 9.17) is 5.11 Å². The Balaban J connectivity index is 2.09. The molecule has 1 aliphatic rings. The summed E-state index contributed by atoms with van der Waals surface area (Å²) in [6.07, 6.45) is 5.12. The number of pyridine rings is 1. The maximum Gasteiger partial charge on any atom is 0.0486 e. The molecular formula is C12H18N2O. The summed E-state index contributed by atoms with van der Waals surface area (Å²) in [5.41, 5.74) is 2.28. The average molecular weight is 206 g/mol. The van der Waals surface area contributed by atoms with E-state index in [1.165, 1.54) is 24.9 Å². The average Bonchev–Trinajstić information content (AvgIpc) is 2.66. The second-order valence-electron chi connectivity index (χ2n) is 4.20. The van der Waals surface area contributed by atoms with E-state index in [1.54, 1.807) is 0 Å². The fourth-order valence-electron chi connectivity index (χ4n) is 2.23. The molecule has 2 rings (SSSR count). The van der Waals surface area contributed by atoms with Gasteiger partial charge in [0, 0.05) is 31.0 Å². The van der Waals surface area contributed by atoms with Crippen LogP contribution in [0.5, 0.6) is 0 Å². The van der Waals surface area contributed by atoms with Crippen LogP contribution in [0, 0.1) is 0 Å². The lowest BCUT2D eigenvalue weighted by molar-refractivity contribution is 0.298. The lowest BCUT2D eigenvalue weighted by Gasteiger charge is -2.19. The number of aliphatic hydroxyl groups excluding tert-OH is 1. The van der Waals surface area contributed by atoms with Crippen molar-refractivity contribution >= 4 is 0 Å². The molecule has 1 aromatic rings. The number of rotatable bonds is 3. The number of aliphatic hydroxyl groups is 1. The molecule has 1 fully saturated rings. The molecule has 0 aromatic carbocycles. The van der Waals surface area contributed by atoms with Gasteiger partial charge >= 0.3 is 0 Å². The molecule has 1 N–H and O–H groups in total. The molecule has 15 heavy (non-hydrogen) atoms. The van der Waals surface area contributed by atoms with Crippen molar-refractivity contribution in [2.24, 2.45) is 0 Å². The molecule has 0 radical (unpaired) electrons. The first kappa shape index (κ1) is 10.6. The number of hydrogen-bond acceptors (Lipinski definition) is 3. The lowest BCUT2D eigenvalue weighted by atomic mass is 10.1. The summed E-state index contributed by atoms with van der Waals surface area (Å²) in [7, 11) is 2.17. The number of aromatic nitrogens is 1. The van der Waals surface area contributed by atoms with Crippen LogP contribution in [-0.2, 0) is 6.42 Å². The monoisotopic (exact) mass is 206 g/mol. The Morgan fingerprint density at radius 3 is 2.93 bits per heavy atom. The van der Waals surface area contributed by atoms with Gasteiger partial charge in [0.25, 0.3) is 0 Å². The van der Waals surface area contributed by atoms with E-state index in [0.29, 0.717) is 12.5 Å². The van der Waals surface area contributed by atoms with Crippen molar-refractivity contribution < 1.29 is 5.11 Å². The molecule has 0 aliphatic carbocycles. The molecule has 3 nitrogen and oxygen atoms in total. The molecular weight excluding hydrogens is 188 g/mol. The first-order chi connectivity index (χ1) is 7.31. The van der Waals surface area contributed by atoms with Crippen molar-refractivity contribution in [3.05, 3.63) is 29.6 Å². The Labute approximate surface area is 90.8 Å². The molecule has 82 valence electrons. The fraction of sp³-hybridized carbons (Fsp3) is 0.583. The van der Waals surface area contributed by atoms with Crippen molar-refractivity contribution in [1.82, 2.24) is 9.88 Å². The van der Waals surface area contributed by atoms with Gasteiger partial charge in [-0.3, -0.25) is 9.88 Å². The molecule has 1 unspecified atom stereocenters. The zero-order valence-electron chi connectivity index (χ0n) is 9.19. The summed E-state index contributed by atoms with van der Waals surface area (Å²) in [5.74, 6) is 0.